The summed E-state index contributed by atoms with van der Waals surface area (Å²) in [5.41, 5.74) is 1.00. The number of aliphatic hydroxyl groups is 1. The molecule has 88 valence electrons. The van der Waals surface area contributed by atoms with Gasteiger partial charge in [0, 0.05) is 8.95 Å². The first-order valence-corrected chi connectivity index (χ1v) is 7.38. The van der Waals surface area contributed by atoms with E-state index in [9.17, 15) is 5.11 Å². The fourth-order valence-electron chi connectivity index (χ4n) is 2.46. The Hall–Kier alpha value is 0.140. The highest BCUT2D eigenvalue weighted by Gasteiger charge is 2.21. The third-order valence-corrected chi connectivity index (χ3v) is 4.56. The van der Waals surface area contributed by atoms with Crippen molar-refractivity contribution in [1.82, 2.24) is 0 Å². The first-order chi connectivity index (χ1) is 7.66. The summed E-state index contributed by atoms with van der Waals surface area (Å²) in [5.74, 6) is 0.709. The van der Waals surface area contributed by atoms with Crippen LogP contribution < -0.4 is 0 Å². The molecule has 1 unspecified atom stereocenters. The van der Waals surface area contributed by atoms with Gasteiger partial charge >= 0.3 is 0 Å². The molecule has 2 rings (SSSR count). The van der Waals surface area contributed by atoms with Gasteiger partial charge in [0.15, 0.2) is 0 Å². The lowest BCUT2D eigenvalue weighted by Gasteiger charge is -2.17. The van der Waals surface area contributed by atoms with Crippen molar-refractivity contribution in [2.75, 3.05) is 0 Å². The van der Waals surface area contributed by atoms with Crippen LogP contribution in [0.5, 0.6) is 0 Å². The summed E-state index contributed by atoms with van der Waals surface area (Å²) >= 11 is 6.94. The predicted molar refractivity (Wildman–Crippen MR) is 73.4 cm³/mol. The summed E-state index contributed by atoms with van der Waals surface area (Å²) in [5, 5.41) is 10.2. The van der Waals surface area contributed by atoms with E-state index < -0.39 is 0 Å². The molecule has 1 nitrogen and oxygen atoms in total. The molecule has 3 heteroatoms. The topological polar surface area (TPSA) is 20.2 Å². The molecule has 0 saturated heterocycles. The Morgan fingerprint density at radius 2 is 1.94 bits per heavy atom. The van der Waals surface area contributed by atoms with Crippen molar-refractivity contribution in [1.29, 1.82) is 0 Å². The van der Waals surface area contributed by atoms with Gasteiger partial charge in [-0.1, -0.05) is 57.5 Å². The summed E-state index contributed by atoms with van der Waals surface area (Å²) < 4.78 is 2.03. The summed E-state index contributed by atoms with van der Waals surface area (Å²) in [6, 6.07) is 5.97. The highest BCUT2D eigenvalue weighted by atomic mass is 79.9. The van der Waals surface area contributed by atoms with E-state index in [1.807, 2.05) is 18.2 Å². The quantitative estimate of drug-likeness (QED) is 0.830. The van der Waals surface area contributed by atoms with Crippen LogP contribution in [0.1, 0.15) is 43.8 Å². The predicted octanol–water partition coefficient (Wildman–Crippen LogP) is 4.83. The number of hydrogen-bond donors (Lipinski definition) is 1. The van der Waals surface area contributed by atoms with Crippen molar-refractivity contribution < 1.29 is 5.11 Å². The van der Waals surface area contributed by atoms with E-state index in [0.29, 0.717) is 5.92 Å². The van der Waals surface area contributed by atoms with Crippen LogP contribution in [0.25, 0.3) is 0 Å². The zero-order valence-corrected chi connectivity index (χ0v) is 12.3. The van der Waals surface area contributed by atoms with Crippen molar-refractivity contribution in [2.24, 2.45) is 5.92 Å². The van der Waals surface area contributed by atoms with Gasteiger partial charge in [0.25, 0.3) is 0 Å². The fraction of sp³-hybridized carbons (Fsp3) is 0.538. The Morgan fingerprint density at radius 3 is 2.62 bits per heavy atom. The summed E-state index contributed by atoms with van der Waals surface area (Å²) in [6.45, 7) is 0. The summed E-state index contributed by atoms with van der Waals surface area (Å²) in [6.07, 6.45) is 5.78. The minimum Gasteiger partial charge on any atom is -0.388 e. The van der Waals surface area contributed by atoms with Gasteiger partial charge in [-0.05, 0) is 36.1 Å². The number of aliphatic hydroxyl groups excluding tert-OH is 1. The van der Waals surface area contributed by atoms with Gasteiger partial charge in [-0.25, -0.2) is 0 Å². The molecule has 0 radical (unpaired) electrons. The van der Waals surface area contributed by atoms with Crippen molar-refractivity contribution in [2.45, 2.75) is 38.2 Å². The Labute approximate surface area is 114 Å². The normalized spacial score (nSPS) is 18.9. The molecule has 1 aromatic carbocycles. The molecule has 1 aromatic rings. The molecule has 0 heterocycles. The first kappa shape index (κ1) is 12.6. The van der Waals surface area contributed by atoms with E-state index >= 15 is 0 Å². The molecular weight excluding hydrogens is 332 g/mol. The molecule has 1 aliphatic carbocycles. The Kier molecular flexibility index (Phi) is 4.45. The smallest absolute Gasteiger partial charge is 0.0804 e. The van der Waals surface area contributed by atoms with Gasteiger partial charge < -0.3 is 5.11 Å². The van der Waals surface area contributed by atoms with Crippen molar-refractivity contribution in [3.63, 3.8) is 0 Å². The molecule has 1 fully saturated rings. The molecule has 1 atom stereocenters. The van der Waals surface area contributed by atoms with Gasteiger partial charge in [-0.3, -0.25) is 0 Å². The number of halogens is 2. The van der Waals surface area contributed by atoms with Crippen molar-refractivity contribution >= 4 is 31.9 Å². The average molecular weight is 348 g/mol. The maximum absolute atomic E-state index is 10.2. The Morgan fingerprint density at radius 1 is 1.25 bits per heavy atom. The molecule has 0 aliphatic heterocycles. The third kappa shape index (κ3) is 3.08. The Balaban J connectivity index is 2.07. The number of benzene rings is 1. The SMILES string of the molecule is OC(CC1CCCC1)c1cc(Br)ccc1Br. The van der Waals surface area contributed by atoms with Crippen LogP contribution in [0, 0.1) is 5.92 Å². The largest absolute Gasteiger partial charge is 0.388 e. The minimum atomic E-state index is -0.338. The molecule has 1 N–H and O–H groups in total. The van der Waals surface area contributed by atoms with Crippen LogP contribution in [0.15, 0.2) is 27.1 Å². The minimum absolute atomic E-state index is 0.338. The molecule has 1 aliphatic rings. The van der Waals surface area contributed by atoms with Crippen molar-refractivity contribution in [3.8, 4) is 0 Å². The molecular formula is C13H16Br2O. The monoisotopic (exact) mass is 346 g/mol. The number of rotatable bonds is 3. The van der Waals surface area contributed by atoms with E-state index in [1.165, 1.54) is 25.7 Å². The van der Waals surface area contributed by atoms with Gasteiger partial charge in [-0.2, -0.15) is 0 Å². The lowest BCUT2D eigenvalue weighted by molar-refractivity contribution is 0.144. The zero-order valence-electron chi connectivity index (χ0n) is 9.13. The summed E-state index contributed by atoms with van der Waals surface area (Å²) in [7, 11) is 0. The average Bonchev–Trinajstić information content (AvgIpc) is 2.74. The fourth-order valence-corrected chi connectivity index (χ4v) is 3.35. The van der Waals surface area contributed by atoms with Crippen LogP contribution in [-0.2, 0) is 0 Å². The highest BCUT2D eigenvalue weighted by molar-refractivity contribution is 9.11. The second-order valence-corrected chi connectivity index (χ2v) is 6.34. The van der Waals surface area contributed by atoms with Crippen LogP contribution >= 0.6 is 31.9 Å². The van der Waals surface area contributed by atoms with E-state index in [1.54, 1.807) is 0 Å². The maximum atomic E-state index is 10.2. The third-order valence-electron chi connectivity index (χ3n) is 3.35. The van der Waals surface area contributed by atoms with E-state index in [-0.39, 0.29) is 6.10 Å². The van der Waals surface area contributed by atoms with E-state index in [4.69, 9.17) is 0 Å². The van der Waals surface area contributed by atoms with E-state index in [2.05, 4.69) is 31.9 Å². The molecule has 16 heavy (non-hydrogen) atoms. The van der Waals surface area contributed by atoms with Crippen LogP contribution in [-0.4, -0.2) is 5.11 Å². The first-order valence-electron chi connectivity index (χ1n) is 5.80. The summed E-state index contributed by atoms with van der Waals surface area (Å²) in [4.78, 5) is 0. The van der Waals surface area contributed by atoms with Crippen molar-refractivity contribution in [3.05, 3.63) is 32.7 Å². The molecule has 0 amide bonds. The zero-order chi connectivity index (χ0) is 11.5. The highest BCUT2D eigenvalue weighted by Crippen LogP contribution is 2.35. The molecule has 0 spiro atoms. The van der Waals surface area contributed by atoms with Gasteiger partial charge in [-0.15, -0.1) is 0 Å². The Bertz CT molecular complexity index is 359. The standard InChI is InChI=1S/C13H16Br2O/c14-10-5-6-12(15)11(8-10)13(16)7-9-3-1-2-4-9/h5-6,8-9,13,16H,1-4,7H2. The molecule has 1 saturated carbocycles. The lowest BCUT2D eigenvalue weighted by atomic mass is 9.96. The van der Waals surface area contributed by atoms with Crippen LogP contribution in [0.3, 0.4) is 0 Å². The molecule has 0 bridgehead atoms. The van der Waals surface area contributed by atoms with Crippen LogP contribution in [0.2, 0.25) is 0 Å². The van der Waals surface area contributed by atoms with E-state index in [0.717, 1.165) is 20.9 Å². The molecule has 0 aromatic heterocycles. The lowest BCUT2D eigenvalue weighted by Crippen LogP contribution is -2.05. The van der Waals surface area contributed by atoms with Gasteiger partial charge in [0.05, 0.1) is 6.10 Å². The second-order valence-electron chi connectivity index (χ2n) is 4.57. The maximum Gasteiger partial charge on any atom is 0.0804 e. The van der Waals surface area contributed by atoms with Crippen LogP contribution in [0.4, 0.5) is 0 Å². The van der Waals surface area contributed by atoms with Gasteiger partial charge in [0.2, 0.25) is 0 Å². The number of hydrogen-bond acceptors (Lipinski definition) is 1. The van der Waals surface area contributed by atoms with Gasteiger partial charge in [0.1, 0.15) is 0 Å². The second kappa shape index (κ2) is 5.65.